The Kier molecular flexibility index (Phi) is 4.30. The molecule has 0 spiro atoms. The maximum atomic E-state index is 10.6. The van der Waals surface area contributed by atoms with Crippen molar-refractivity contribution in [1.29, 1.82) is 0 Å². The summed E-state index contributed by atoms with van der Waals surface area (Å²) in [6, 6.07) is 0. The van der Waals surface area contributed by atoms with E-state index in [2.05, 4.69) is 0 Å². The Balaban J connectivity index is 2.31. The summed E-state index contributed by atoms with van der Waals surface area (Å²) >= 11 is 0. The van der Waals surface area contributed by atoms with Gasteiger partial charge in [0.1, 0.15) is 18.8 Å². The van der Waals surface area contributed by atoms with E-state index in [0.717, 1.165) is 0 Å². The molecule has 0 aromatic carbocycles. The van der Waals surface area contributed by atoms with Crippen molar-refractivity contribution in [2.75, 3.05) is 13.2 Å². The quantitative estimate of drug-likeness (QED) is 0.503. The molecular weight excluding hydrogens is 200 g/mol. The van der Waals surface area contributed by atoms with E-state index in [1.54, 1.807) is 12.2 Å². The third kappa shape index (κ3) is 4.60. The highest BCUT2D eigenvalue weighted by atomic mass is 16.6. The number of ether oxygens (including phenoxy) is 3. The van der Waals surface area contributed by atoms with Crippen molar-refractivity contribution in [3.8, 4) is 0 Å². The van der Waals surface area contributed by atoms with E-state index in [1.807, 2.05) is 0 Å². The lowest BCUT2D eigenvalue weighted by molar-refractivity contribution is -0.150. The molecule has 0 bridgehead atoms. The van der Waals surface area contributed by atoms with E-state index in [1.165, 1.54) is 13.8 Å². The van der Waals surface area contributed by atoms with Crippen molar-refractivity contribution in [2.45, 2.75) is 26.1 Å². The van der Waals surface area contributed by atoms with Crippen LogP contribution in [0.4, 0.5) is 0 Å². The zero-order valence-corrected chi connectivity index (χ0v) is 8.76. The van der Waals surface area contributed by atoms with E-state index in [4.69, 9.17) is 14.2 Å². The highest BCUT2D eigenvalue weighted by Crippen LogP contribution is 2.09. The van der Waals surface area contributed by atoms with E-state index >= 15 is 0 Å². The number of carbonyl (C=O) groups is 2. The van der Waals surface area contributed by atoms with Gasteiger partial charge in [-0.25, -0.2) is 0 Å². The first kappa shape index (κ1) is 11.7. The van der Waals surface area contributed by atoms with Gasteiger partial charge in [0.15, 0.2) is 0 Å². The average molecular weight is 214 g/mol. The van der Waals surface area contributed by atoms with Crippen molar-refractivity contribution in [3.63, 3.8) is 0 Å². The molecule has 2 atom stereocenters. The van der Waals surface area contributed by atoms with Crippen LogP contribution >= 0.6 is 0 Å². The number of esters is 2. The van der Waals surface area contributed by atoms with Crippen LogP contribution in [0.15, 0.2) is 12.2 Å². The van der Waals surface area contributed by atoms with Crippen molar-refractivity contribution >= 4 is 11.9 Å². The van der Waals surface area contributed by atoms with Gasteiger partial charge in [0, 0.05) is 13.8 Å². The SMILES string of the molecule is CC(=O)OC[C@@H]1C=C[C@@H](OC(C)=O)CO1. The van der Waals surface area contributed by atoms with Gasteiger partial charge in [-0.2, -0.15) is 0 Å². The molecule has 84 valence electrons. The molecule has 1 aliphatic heterocycles. The Morgan fingerprint density at radius 3 is 2.53 bits per heavy atom. The number of rotatable bonds is 3. The Morgan fingerprint density at radius 1 is 1.33 bits per heavy atom. The second-order valence-electron chi connectivity index (χ2n) is 3.21. The summed E-state index contributed by atoms with van der Waals surface area (Å²) < 4.78 is 15.0. The predicted molar refractivity (Wildman–Crippen MR) is 51.1 cm³/mol. The monoisotopic (exact) mass is 214 g/mol. The summed E-state index contributed by atoms with van der Waals surface area (Å²) in [6.45, 7) is 3.17. The maximum absolute atomic E-state index is 10.6. The topological polar surface area (TPSA) is 61.8 Å². The molecule has 5 heteroatoms. The van der Waals surface area contributed by atoms with Gasteiger partial charge in [0.25, 0.3) is 0 Å². The molecule has 1 heterocycles. The standard InChI is InChI=1S/C10H14O5/c1-7(11)13-5-9-3-4-10(6-14-9)15-8(2)12/h3-4,9-10H,5-6H2,1-2H3/t9-,10+/m0/s1. The second kappa shape index (κ2) is 5.50. The van der Waals surface area contributed by atoms with Gasteiger partial charge >= 0.3 is 11.9 Å². The van der Waals surface area contributed by atoms with Gasteiger partial charge in [-0.05, 0) is 6.08 Å². The fourth-order valence-electron chi connectivity index (χ4n) is 1.17. The fourth-order valence-corrected chi connectivity index (χ4v) is 1.17. The minimum atomic E-state index is -0.341. The molecule has 0 aromatic heterocycles. The van der Waals surface area contributed by atoms with Crippen LogP contribution in [0.5, 0.6) is 0 Å². The van der Waals surface area contributed by atoms with Crippen molar-refractivity contribution < 1.29 is 23.8 Å². The normalized spacial score (nSPS) is 24.7. The molecule has 1 aliphatic rings. The van der Waals surface area contributed by atoms with Crippen LogP contribution in [0.1, 0.15) is 13.8 Å². The van der Waals surface area contributed by atoms with Crippen LogP contribution in [-0.4, -0.2) is 37.4 Å². The van der Waals surface area contributed by atoms with Gasteiger partial charge in [-0.3, -0.25) is 9.59 Å². The van der Waals surface area contributed by atoms with Gasteiger partial charge in [0.05, 0.1) is 6.61 Å². The summed E-state index contributed by atoms with van der Waals surface area (Å²) in [4.78, 5) is 21.2. The molecule has 1 rings (SSSR count). The Labute approximate surface area is 88.0 Å². The van der Waals surface area contributed by atoms with Crippen LogP contribution in [0.3, 0.4) is 0 Å². The summed E-state index contributed by atoms with van der Waals surface area (Å²) in [5, 5.41) is 0. The number of carbonyl (C=O) groups excluding carboxylic acids is 2. The van der Waals surface area contributed by atoms with E-state index in [9.17, 15) is 9.59 Å². The van der Waals surface area contributed by atoms with Gasteiger partial charge in [-0.1, -0.05) is 6.08 Å². The van der Waals surface area contributed by atoms with Crippen molar-refractivity contribution in [3.05, 3.63) is 12.2 Å². The first-order chi connectivity index (χ1) is 7.08. The van der Waals surface area contributed by atoms with E-state index in [0.29, 0.717) is 6.61 Å². The molecule has 0 saturated heterocycles. The molecule has 0 aliphatic carbocycles. The number of hydrogen-bond acceptors (Lipinski definition) is 5. The zero-order chi connectivity index (χ0) is 11.3. The second-order valence-corrected chi connectivity index (χ2v) is 3.21. The first-order valence-electron chi connectivity index (χ1n) is 4.68. The minimum absolute atomic E-state index is 0.193. The molecule has 0 saturated carbocycles. The molecule has 5 nitrogen and oxygen atoms in total. The Morgan fingerprint density at radius 2 is 2.07 bits per heavy atom. The molecule has 15 heavy (non-hydrogen) atoms. The van der Waals surface area contributed by atoms with Gasteiger partial charge in [0.2, 0.25) is 0 Å². The lowest BCUT2D eigenvalue weighted by Gasteiger charge is -2.22. The first-order valence-corrected chi connectivity index (χ1v) is 4.68. The highest BCUT2D eigenvalue weighted by molar-refractivity contribution is 5.66. The van der Waals surface area contributed by atoms with Crippen LogP contribution in [0.25, 0.3) is 0 Å². The van der Waals surface area contributed by atoms with Crippen LogP contribution in [0, 0.1) is 0 Å². The van der Waals surface area contributed by atoms with Crippen LogP contribution in [-0.2, 0) is 23.8 Å². The molecule has 0 aromatic rings. The molecule has 0 radical (unpaired) electrons. The highest BCUT2D eigenvalue weighted by Gasteiger charge is 2.18. The van der Waals surface area contributed by atoms with Gasteiger partial charge in [-0.15, -0.1) is 0 Å². The summed E-state index contributed by atoms with van der Waals surface area (Å²) in [7, 11) is 0. The molecule has 0 N–H and O–H groups in total. The Hall–Kier alpha value is -1.36. The Bertz CT molecular complexity index is 271. The smallest absolute Gasteiger partial charge is 0.303 e. The van der Waals surface area contributed by atoms with Crippen LogP contribution < -0.4 is 0 Å². The largest absolute Gasteiger partial charge is 0.463 e. The fraction of sp³-hybridized carbons (Fsp3) is 0.600. The van der Waals surface area contributed by atoms with Crippen molar-refractivity contribution in [1.82, 2.24) is 0 Å². The summed E-state index contributed by atoms with van der Waals surface area (Å²) in [5.41, 5.74) is 0. The summed E-state index contributed by atoms with van der Waals surface area (Å²) in [6.07, 6.45) is 2.87. The zero-order valence-electron chi connectivity index (χ0n) is 8.76. The third-order valence-electron chi connectivity index (χ3n) is 1.78. The molecule has 0 amide bonds. The number of hydrogen-bond donors (Lipinski definition) is 0. The molecule has 0 unspecified atom stereocenters. The average Bonchev–Trinajstić information content (AvgIpc) is 2.16. The molecule has 0 fully saturated rings. The molecular formula is C10H14O5. The van der Waals surface area contributed by atoms with Crippen molar-refractivity contribution in [2.24, 2.45) is 0 Å². The third-order valence-corrected chi connectivity index (χ3v) is 1.78. The lowest BCUT2D eigenvalue weighted by atomic mass is 10.2. The minimum Gasteiger partial charge on any atom is -0.463 e. The van der Waals surface area contributed by atoms with E-state index < -0.39 is 0 Å². The van der Waals surface area contributed by atoms with E-state index in [-0.39, 0.29) is 30.8 Å². The summed E-state index contributed by atoms with van der Waals surface area (Å²) in [5.74, 6) is -0.680. The van der Waals surface area contributed by atoms with Crippen LogP contribution in [0.2, 0.25) is 0 Å². The predicted octanol–water partition coefficient (Wildman–Crippen LogP) is 0.436. The maximum Gasteiger partial charge on any atom is 0.303 e. The lowest BCUT2D eigenvalue weighted by Crippen LogP contribution is -2.31. The van der Waals surface area contributed by atoms with Gasteiger partial charge < -0.3 is 14.2 Å².